The van der Waals surface area contributed by atoms with Crippen molar-refractivity contribution in [2.45, 2.75) is 26.3 Å². The third-order valence-electron chi connectivity index (χ3n) is 3.10. The second-order valence-electron chi connectivity index (χ2n) is 4.55. The molecular formula is C14H19BrN2O4. The summed E-state index contributed by atoms with van der Waals surface area (Å²) in [6.45, 7) is 3.36. The summed E-state index contributed by atoms with van der Waals surface area (Å²) < 4.78 is 5.80. The molecular weight excluding hydrogens is 340 g/mol. The van der Waals surface area contributed by atoms with E-state index in [9.17, 15) is 9.59 Å². The van der Waals surface area contributed by atoms with Crippen molar-refractivity contribution < 1.29 is 19.4 Å². The van der Waals surface area contributed by atoms with Gasteiger partial charge in [-0.25, -0.2) is 4.79 Å². The van der Waals surface area contributed by atoms with E-state index in [0.29, 0.717) is 22.3 Å². The van der Waals surface area contributed by atoms with Crippen LogP contribution in [0.25, 0.3) is 0 Å². The minimum atomic E-state index is -1.05. The standard InChI is InChI=1S/C14H19BrN2O4/c1-4-9(2)17(8-13(18)19)14(20)16-12-7-10(21-3)5-6-11(12)15/h5-7,9H,4,8H2,1-3H3,(H,16,20)(H,18,19). The second-order valence-corrected chi connectivity index (χ2v) is 5.41. The van der Waals surface area contributed by atoms with Crippen LogP contribution in [0.15, 0.2) is 22.7 Å². The number of halogens is 1. The van der Waals surface area contributed by atoms with Gasteiger partial charge >= 0.3 is 12.0 Å². The molecule has 0 spiro atoms. The monoisotopic (exact) mass is 358 g/mol. The van der Waals surface area contributed by atoms with E-state index in [0.717, 1.165) is 0 Å². The molecule has 0 bridgehead atoms. The van der Waals surface area contributed by atoms with Gasteiger partial charge in [0.05, 0.1) is 12.8 Å². The van der Waals surface area contributed by atoms with E-state index in [4.69, 9.17) is 9.84 Å². The molecule has 0 fully saturated rings. The Balaban J connectivity index is 2.93. The maximum Gasteiger partial charge on any atom is 0.323 e. The van der Waals surface area contributed by atoms with Crippen LogP contribution in [0.2, 0.25) is 0 Å². The average Bonchev–Trinajstić information content (AvgIpc) is 2.45. The molecule has 116 valence electrons. The van der Waals surface area contributed by atoms with Crippen molar-refractivity contribution in [1.82, 2.24) is 4.90 Å². The molecule has 0 saturated carbocycles. The van der Waals surface area contributed by atoms with Gasteiger partial charge in [0.2, 0.25) is 0 Å². The van der Waals surface area contributed by atoms with Crippen LogP contribution in [-0.2, 0) is 4.79 Å². The number of rotatable bonds is 6. The summed E-state index contributed by atoms with van der Waals surface area (Å²) in [5, 5.41) is 11.6. The number of nitrogens with one attached hydrogen (secondary N) is 1. The summed E-state index contributed by atoms with van der Waals surface area (Å²) in [6, 6.07) is 4.53. The zero-order valence-corrected chi connectivity index (χ0v) is 13.8. The molecule has 2 amide bonds. The van der Waals surface area contributed by atoms with Gasteiger partial charge in [0.15, 0.2) is 0 Å². The van der Waals surface area contributed by atoms with Gasteiger partial charge in [-0.1, -0.05) is 6.92 Å². The summed E-state index contributed by atoms with van der Waals surface area (Å²) in [5.74, 6) is -0.447. The van der Waals surface area contributed by atoms with Gasteiger partial charge in [-0.15, -0.1) is 0 Å². The number of urea groups is 1. The summed E-state index contributed by atoms with van der Waals surface area (Å²) >= 11 is 3.34. The van der Waals surface area contributed by atoms with Crippen LogP contribution in [-0.4, -0.2) is 41.7 Å². The van der Waals surface area contributed by atoms with Crippen LogP contribution < -0.4 is 10.1 Å². The number of hydrogen-bond donors (Lipinski definition) is 2. The lowest BCUT2D eigenvalue weighted by Crippen LogP contribution is -2.44. The average molecular weight is 359 g/mol. The summed E-state index contributed by atoms with van der Waals surface area (Å²) in [7, 11) is 1.53. The molecule has 0 radical (unpaired) electrons. The van der Waals surface area contributed by atoms with Crippen molar-refractivity contribution in [1.29, 1.82) is 0 Å². The van der Waals surface area contributed by atoms with Gasteiger partial charge in [0, 0.05) is 16.6 Å². The van der Waals surface area contributed by atoms with Gasteiger partial charge in [-0.05, 0) is 41.4 Å². The first-order chi connectivity index (χ1) is 9.88. The number of carbonyl (C=O) groups is 2. The number of ether oxygens (including phenoxy) is 1. The Morgan fingerprint density at radius 3 is 2.67 bits per heavy atom. The van der Waals surface area contributed by atoms with Gasteiger partial charge in [0.25, 0.3) is 0 Å². The molecule has 0 aliphatic carbocycles. The fraction of sp³-hybridized carbons (Fsp3) is 0.429. The Morgan fingerprint density at radius 2 is 2.14 bits per heavy atom. The Hall–Kier alpha value is -1.76. The highest BCUT2D eigenvalue weighted by Gasteiger charge is 2.22. The molecule has 0 aliphatic rings. The van der Waals surface area contributed by atoms with Crippen LogP contribution in [0.4, 0.5) is 10.5 Å². The SMILES string of the molecule is CCC(C)N(CC(=O)O)C(=O)Nc1cc(OC)ccc1Br. The molecule has 0 saturated heterocycles. The smallest absolute Gasteiger partial charge is 0.323 e. The van der Waals surface area contributed by atoms with Crippen molar-refractivity contribution in [2.75, 3.05) is 19.0 Å². The van der Waals surface area contributed by atoms with Crippen LogP contribution in [0.5, 0.6) is 5.75 Å². The van der Waals surface area contributed by atoms with E-state index in [2.05, 4.69) is 21.2 Å². The summed E-state index contributed by atoms with van der Waals surface area (Å²) in [4.78, 5) is 24.5. The molecule has 1 atom stereocenters. The lowest BCUT2D eigenvalue weighted by atomic mass is 10.2. The van der Waals surface area contributed by atoms with E-state index in [1.165, 1.54) is 12.0 Å². The molecule has 6 nitrogen and oxygen atoms in total. The maximum absolute atomic E-state index is 12.3. The molecule has 1 rings (SSSR count). The normalized spacial score (nSPS) is 11.6. The van der Waals surface area contributed by atoms with Gasteiger partial charge in [-0.3, -0.25) is 4.79 Å². The van der Waals surface area contributed by atoms with Gasteiger partial charge in [-0.2, -0.15) is 0 Å². The molecule has 0 aromatic heterocycles. The predicted octanol–water partition coefficient (Wildman–Crippen LogP) is 3.17. The van der Waals surface area contributed by atoms with Crippen LogP contribution in [0.3, 0.4) is 0 Å². The Labute approximate surface area is 132 Å². The minimum absolute atomic E-state index is 0.175. The number of carboxylic acid groups (broad SMARTS) is 1. The maximum atomic E-state index is 12.3. The second kappa shape index (κ2) is 7.87. The van der Waals surface area contributed by atoms with Crippen LogP contribution in [0.1, 0.15) is 20.3 Å². The Bertz CT molecular complexity index is 522. The highest BCUT2D eigenvalue weighted by molar-refractivity contribution is 9.10. The zero-order valence-electron chi connectivity index (χ0n) is 12.2. The molecule has 7 heteroatoms. The van der Waals surface area contributed by atoms with E-state index in [1.807, 2.05) is 13.8 Å². The van der Waals surface area contributed by atoms with E-state index < -0.39 is 12.0 Å². The molecule has 2 N–H and O–H groups in total. The Morgan fingerprint density at radius 1 is 1.48 bits per heavy atom. The Kier molecular flexibility index (Phi) is 6.48. The molecule has 1 aromatic rings. The topological polar surface area (TPSA) is 78.9 Å². The van der Waals surface area contributed by atoms with E-state index in [1.54, 1.807) is 18.2 Å². The van der Waals surface area contributed by atoms with Crippen LogP contribution >= 0.6 is 15.9 Å². The number of benzene rings is 1. The molecule has 21 heavy (non-hydrogen) atoms. The number of nitrogens with zero attached hydrogens (tertiary/aromatic N) is 1. The number of aliphatic carboxylic acids is 1. The van der Waals surface area contributed by atoms with E-state index >= 15 is 0 Å². The number of carbonyl (C=O) groups excluding carboxylic acids is 1. The molecule has 1 unspecified atom stereocenters. The first-order valence-electron chi connectivity index (χ1n) is 6.52. The van der Waals surface area contributed by atoms with Crippen molar-refractivity contribution in [3.63, 3.8) is 0 Å². The molecule has 0 heterocycles. The zero-order chi connectivity index (χ0) is 16.0. The van der Waals surface area contributed by atoms with Gasteiger partial charge < -0.3 is 20.1 Å². The van der Waals surface area contributed by atoms with Crippen molar-refractivity contribution >= 4 is 33.6 Å². The lowest BCUT2D eigenvalue weighted by Gasteiger charge is -2.27. The highest BCUT2D eigenvalue weighted by atomic mass is 79.9. The fourth-order valence-electron chi connectivity index (χ4n) is 1.71. The lowest BCUT2D eigenvalue weighted by molar-refractivity contribution is -0.138. The minimum Gasteiger partial charge on any atom is -0.497 e. The molecule has 1 aromatic carbocycles. The van der Waals surface area contributed by atoms with Gasteiger partial charge in [0.1, 0.15) is 12.3 Å². The summed E-state index contributed by atoms with van der Waals surface area (Å²) in [5.41, 5.74) is 0.526. The first kappa shape index (κ1) is 17.3. The number of carboxylic acids is 1. The van der Waals surface area contributed by atoms with Crippen molar-refractivity contribution in [3.8, 4) is 5.75 Å². The number of hydrogen-bond acceptors (Lipinski definition) is 3. The third kappa shape index (κ3) is 4.93. The van der Waals surface area contributed by atoms with Crippen molar-refractivity contribution in [2.24, 2.45) is 0 Å². The number of anilines is 1. The van der Waals surface area contributed by atoms with Crippen molar-refractivity contribution in [3.05, 3.63) is 22.7 Å². The fourth-order valence-corrected chi connectivity index (χ4v) is 2.05. The number of methoxy groups -OCH3 is 1. The summed E-state index contributed by atoms with van der Waals surface area (Å²) in [6.07, 6.45) is 0.667. The largest absolute Gasteiger partial charge is 0.497 e. The predicted molar refractivity (Wildman–Crippen MR) is 83.8 cm³/mol. The third-order valence-corrected chi connectivity index (χ3v) is 3.80. The van der Waals surface area contributed by atoms with Crippen LogP contribution in [0, 0.1) is 0 Å². The first-order valence-corrected chi connectivity index (χ1v) is 7.31. The highest BCUT2D eigenvalue weighted by Crippen LogP contribution is 2.27. The van der Waals surface area contributed by atoms with E-state index in [-0.39, 0.29) is 12.6 Å². The number of amides is 2. The molecule has 0 aliphatic heterocycles. The quantitative estimate of drug-likeness (QED) is 0.818.